The van der Waals surface area contributed by atoms with E-state index in [0.717, 1.165) is 72.9 Å². The third kappa shape index (κ3) is 11.8. The van der Waals surface area contributed by atoms with E-state index in [1.54, 1.807) is 0 Å². The average molecular weight is 1650 g/mol. The maximum Gasteiger partial charge on any atom is 0.143 e. The summed E-state index contributed by atoms with van der Waals surface area (Å²) in [5.74, 6) is 0. The van der Waals surface area contributed by atoms with Gasteiger partial charge in [0.25, 0.3) is 0 Å². The molecule has 4 heterocycles. The number of para-hydroxylation sites is 6. The Morgan fingerprint density at radius 2 is 0.594 bits per heavy atom. The van der Waals surface area contributed by atoms with Crippen molar-refractivity contribution < 1.29 is 4.42 Å². The lowest BCUT2D eigenvalue weighted by Crippen LogP contribution is -2.16. The number of furan rings is 1. The Balaban J connectivity index is 0.000000139. The maximum atomic E-state index is 6.49. The first-order valence-corrected chi connectivity index (χ1v) is 45.2. The first kappa shape index (κ1) is 74.7. The van der Waals surface area contributed by atoms with Crippen LogP contribution in [0.1, 0.15) is 49.9 Å². The number of thiophene rings is 1. The number of benzene rings is 20. The van der Waals surface area contributed by atoms with Crippen molar-refractivity contribution in [3.63, 3.8) is 0 Å². The van der Waals surface area contributed by atoms with Crippen molar-refractivity contribution in [3.8, 4) is 78.1 Å². The molecule has 0 atom stereocenters. The van der Waals surface area contributed by atoms with Crippen molar-refractivity contribution in [1.29, 1.82) is 0 Å². The number of hydrogen-bond donors (Lipinski definition) is 0. The molecule has 5 nitrogen and oxygen atoms in total. The minimum Gasteiger partial charge on any atom is -0.455 e. The number of fused-ring (bicyclic) bond motifs is 20. The minimum atomic E-state index is -0.142. The molecule has 0 unspecified atom stereocenters. The van der Waals surface area contributed by atoms with Crippen LogP contribution < -0.4 is 9.80 Å². The monoisotopic (exact) mass is 1650 g/mol. The topological polar surface area (TPSA) is 29.5 Å². The van der Waals surface area contributed by atoms with Crippen LogP contribution in [0.2, 0.25) is 0 Å². The van der Waals surface area contributed by atoms with Gasteiger partial charge in [-0.05, 0) is 228 Å². The quantitative estimate of drug-likeness (QED) is 0.122. The van der Waals surface area contributed by atoms with Crippen molar-refractivity contribution >= 4 is 153 Å². The lowest BCUT2D eigenvalue weighted by molar-refractivity contribution is 0.660. The van der Waals surface area contributed by atoms with Crippen LogP contribution in [-0.4, -0.2) is 9.13 Å². The molecule has 0 saturated heterocycles. The van der Waals surface area contributed by atoms with E-state index in [-0.39, 0.29) is 10.8 Å². The fourth-order valence-corrected chi connectivity index (χ4v) is 22.7. The lowest BCUT2D eigenvalue weighted by atomic mass is 9.82. The van der Waals surface area contributed by atoms with Gasteiger partial charge in [0.05, 0.1) is 33.4 Å². The zero-order valence-corrected chi connectivity index (χ0v) is 72.0. The summed E-state index contributed by atoms with van der Waals surface area (Å²) in [4.78, 5) is 4.93. The van der Waals surface area contributed by atoms with Crippen molar-refractivity contribution in [3.05, 3.63) is 459 Å². The highest BCUT2D eigenvalue weighted by Gasteiger charge is 2.38. The van der Waals surface area contributed by atoms with Gasteiger partial charge in [0.1, 0.15) is 11.2 Å². The van der Waals surface area contributed by atoms with Gasteiger partial charge in [-0.3, -0.25) is 0 Å². The van der Waals surface area contributed by atoms with Crippen LogP contribution >= 0.6 is 11.3 Å². The standard InChI is InChI=1S/C61H42N2O.C61H42N2S/c2*1-61(2)54-24-11-8-18-47(54)48-33-32-43(38-55(48)61)62(42-30-27-39(28-31-42)45-22-14-23-52-51-21-10-13-26-59(51)64-60(45)52)57-36-34-44(46-17-6-7-19-49(46)57)40-29-35-58-53(37-40)50-20-9-12-25-56(50)63(58)41-15-4-3-5-16-41/h2*3-38H,1-2H3. The number of nitrogens with zero attached hydrogens (tertiary/aromatic N) is 4. The minimum absolute atomic E-state index is 0.130. The predicted octanol–water partition coefficient (Wildman–Crippen LogP) is 34.4. The molecule has 0 aliphatic heterocycles. The van der Waals surface area contributed by atoms with Crippen LogP contribution in [0, 0.1) is 0 Å². The molecule has 0 N–H and O–H groups in total. The molecule has 2 aliphatic carbocycles. The second kappa shape index (κ2) is 29.4. The Labute approximate surface area is 746 Å². The van der Waals surface area contributed by atoms with Gasteiger partial charge in [-0.2, -0.15) is 0 Å². The first-order valence-electron chi connectivity index (χ1n) is 44.3. The Morgan fingerprint density at radius 3 is 1.12 bits per heavy atom. The molecule has 0 radical (unpaired) electrons. The van der Waals surface area contributed by atoms with Crippen molar-refractivity contribution in [2.45, 2.75) is 38.5 Å². The number of rotatable bonds is 12. The van der Waals surface area contributed by atoms with Crippen LogP contribution in [0.15, 0.2) is 441 Å². The molecule has 24 aromatic rings. The summed E-state index contributed by atoms with van der Waals surface area (Å²) >= 11 is 1.88. The molecule has 20 aromatic carbocycles. The summed E-state index contributed by atoms with van der Waals surface area (Å²) in [6.45, 7) is 9.45. The Bertz CT molecular complexity index is 8130. The predicted molar refractivity (Wildman–Crippen MR) is 543 cm³/mol. The van der Waals surface area contributed by atoms with Gasteiger partial charge in [-0.15, -0.1) is 11.3 Å². The molecule has 2 aliphatic rings. The zero-order chi connectivity index (χ0) is 85.0. The molecule has 128 heavy (non-hydrogen) atoms. The first-order chi connectivity index (χ1) is 63.0. The highest BCUT2D eigenvalue weighted by molar-refractivity contribution is 7.26. The van der Waals surface area contributed by atoms with E-state index >= 15 is 0 Å². The largest absolute Gasteiger partial charge is 0.455 e. The summed E-state index contributed by atoms with van der Waals surface area (Å²) in [7, 11) is 0. The van der Waals surface area contributed by atoms with E-state index in [1.807, 2.05) is 17.4 Å². The van der Waals surface area contributed by atoms with Crippen molar-refractivity contribution in [2.24, 2.45) is 0 Å². The van der Waals surface area contributed by atoms with Crippen LogP contribution in [-0.2, 0) is 10.8 Å². The fourth-order valence-electron chi connectivity index (χ4n) is 21.5. The molecular formula is C122H84N4OS. The molecule has 0 saturated carbocycles. The van der Waals surface area contributed by atoms with Gasteiger partial charge < -0.3 is 23.4 Å². The van der Waals surface area contributed by atoms with E-state index in [4.69, 9.17) is 4.42 Å². The SMILES string of the molecule is CC1(C)c2ccccc2-c2ccc(N(c3ccc(-c4cccc5c4oc4ccccc45)cc3)c3ccc(-c4ccc5c(c4)c4ccccc4n5-c4ccccc4)c4ccccc34)cc21.CC1(C)c2ccccc2-c2ccc(N(c3ccc(-c4cccc5c4sc4ccccc45)cc3)c3ccc(-c4ccc5c(c4)c4ccccc4n5-c4ccccc4)c4ccccc34)cc21. The Kier molecular flexibility index (Phi) is 17.2. The normalized spacial score (nSPS) is 13.0. The summed E-state index contributed by atoms with van der Waals surface area (Å²) < 4.78 is 13.9. The van der Waals surface area contributed by atoms with Gasteiger partial charge in [0, 0.05) is 114 Å². The third-order valence-corrected chi connectivity index (χ3v) is 28.8. The molecule has 0 amide bonds. The van der Waals surface area contributed by atoms with Crippen molar-refractivity contribution in [2.75, 3.05) is 9.80 Å². The van der Waals surface area contributed by atoms with E-state index < -0.39 is 0 Å². The van der Waals surface area contributed by atoms with Crippen LogP contribution in [0.25, 0.3) is 185 Å². The van der Waals surface area contributed by atoms with Crippen LogP contribution in [0.5, 0.6) is 0 Å². The van der Waals surface area contributed by atoms with Crippen LogP contribution in [0.4, 0.5) is 34.1 Å². The van der Waals surface area contributed by atoms with Crippen LogP contribution in [0.3, 0.4) is 0 Å². The molecule has 604 valence electrons. The third-order valence-electron chi connectivity index (χ3n) is 27.6. The van der Waals surface area contributed by atoms with Gasteiger partial charge in [0.15, 0.2) is 0 Å². The molecule has 0 fully saturated rings. The fraction of sp³-hybridized carbons (Fsp3) is 0.0492. The lowest BCUT2D eigenvalue weighted by Gasteiger charge is -2.29. The summed E-state index contributed by atoms with van der Waals surface area (Å²) in [5.41, 5.74) is 35.7. The van der Waals surface area contributed by atoms with E-state index in [2.05, 4.69) is 477 Å². The molecule has 0 spiro atoms. The van der Waals surface area contributed by atoms with Gasteiger partial charge in [-0.1, -0.05) is 331 Å². The summed E-state index contributed by atoms with van der Waals surface area (Å²) in [6.07, 6.45) is 0. The summed E-state index contributed by atoms with van der Waals surface area (Å²) in [6, 6.07) is 161. The molecular weight excluding hydrogens is 1570 g/mol. The van der Waals surface area contributed by atoms with E-state index in [0.29, 0.717) is 0 Å². The summed E-state index contributed by atoms with van der Waals surface area (Å²) in [5, 5.41) is 14.7. The molecule has 6 heteroatoms. The highest BCUT2D eigenvalue weighted by Crippen LogP contribution is 2.56. The molecule has 4 aromatic heterocycles. The number of hydrogen-bond acceptors (Lipinski definition) is 4. The van der Waals surface area contributed by atoms with Gasteiger partial charge >= 0.3 is 0 Å². The molecule has 26 rings (SSSR count). The molecule has 0 bridgehead atoms. The smallest absolute Gasteiger partial charge is 0.143 e. The highest BCUT2D eigenvalue weighted by atomic mass is 32.1. The Morgan fingerprint density at radius 1 is 0.227 bits per heavy atom. The van der Waals surface area contributed by atoms with E-state index in [9.17, 15) is 0 Å². The van der Waals surface area contributed by atoms with E-state index in [1.165, 1.54) is 169 Å². The average Bonchev–Trinajstić information content (AvgIpc) is 1.57. The zero-order valence-electron chi connectivity index (χ0n) is 71.2. The maximum absolute atomic E-state index is 6.49. The number of aromatic nitrogens is 2. The van der Waals surface area contributed by atoms with Gasteiger partial charge in [-0.25, -0.2) is 0 Å². The van der Waals surface area contributed by atoms with Gasteiger partial charge in [0.2, 0.25) is 0 Å². The van der Waals surface area contributed by atoms with Crippen molar-refractivity contribution in [1.82, 2.24) is 9.13 Å². The number of anilines is 6. The Hall–Kier alpha value is -15.9. The second-order valence-electron chi connectivity index (χ2n) is 35.3. The second-order valence-corrected chi connectivity index (χ2v) is 36.4.